The molecule has 0 spiro atoms. The Morgan fingerprint density at radius 1 is 1.17 bits per heavy atom. The van der Waals surface area contributed by atoms with Crippen LogP contribution < -0.4 is 5.43 Å². The predicted molar refractivity (Wildman–Crippen MR) is 93.4 cm³/mol. The number of hydrogen-bond acceptors (Lipinski definition) is 3. The van der Waals surface area contributed by atoms with E-state index in [0.717, 1.165) is 23.0 Å². The molecule has 0 unspecified atom stereocenters. The second-order valence-corrected chi connectivity index (χ2v) is 5.34. The van der Waals surface area contributed by atoms with Crippen LogP contribution in [0.5, 0.6) is 0 Å². The first-order chi connectivity index (χ1) is 11.8. The molecular weight excluding hydrogens is 300 g/mol. The Morgan fingerprint density at radius 3 is 2.71 bits per heavy atom. The Hall–Kier alpha value is -3.39. The molecule has 5 nitrogen and oxygen atoms in total. The van der Waals surface area contributed by atoms with Gasteiger partial charge in [0.15, 0.2) is 0 Å². The molecule has 0 aliphatic heterocycles. The monoisotopic (exact) mass is 316 g/mol. The summed E-state index contributed by atoms with van der Waals surface area (Å²) in [4.78, 5) is 11.3. The molecule has 1 heterocycles. The predicted octanol–water partition coefficient (Wildman–Crippen LogP) is 3.05. The standard InChI is InChI=1S/C19H16N4O/c20-11-10-19(24)22-21-12-16-14-23(13-15-6-2-1-3-7-15)18-9-5-4-8-17(16)18/h1-9,12,14H,10,13H2,(H,22,24)/b21-12+. The van der Waals surface area contributed by atoms with Gasteiger partial charge < -0.3 is 4.57 Å². The Bertz CT molecular complexity index is 919. The van der Waals surface area contributed by atoms with E-state index in [4.69, 9.17) is 5.26 Å². The second kappa shape index (κ2) is 7.25. The smallest absolute Gasteiger partial charge is 0.254 e. The van der Waals surface area contributed by atoms with E-state index in [0.29, 0.717) is 0 Å². The van der Waals surface area contributed by atoms with Crippen molar-refractivity contribution in [1.29, 1.82) is 5.26 Å². The van der Waals surface area contributed by atoms with Crippen molar-refractivity contribution in [2.75, 3.05) is 0 Å². The van der Waals surface area contributed by atoms with Gasteiger partial charge in [0.05, 0.1) is 12.3 Å². The van der Waals surface area contributed by atoms with Crippen LogP contribution in [-0.2, 0) is 11.3 Å². The molecular formula is C19H16N4O. The highest BCUT2D eigenvalue weighted by molar-refractivity contribution is 5.99. The molecule has 5 heteroatoms. The number of benzene rings is 2. The quantitative estimate of drug-likeness (QED) is 0.580. The lowest BCUT2D eigenvalue weighted by Crippen LogP contribution is -2.16. The number of carbonyl (C=O) groups is 1. The van der Waals surface area contributed by atoms with Crippen molar-refractivity contribution in [3.63, 3.8) is 0 Å². The van der Waals surface area contributed by atoms with Crippen LogP contribution in [0.4, 0.5) is 0 Å². The van der Waals surface area contributed by atoms with Gasteiger partial charge in [0.1, 0.15) is 6.42 Å². The van der Waals surface area contributed by atoms with Gasteiger partial charge in [-0.05, 0) is 11.6 Å². The Balaban J connectivity index is 1.88. The van der Waals surface area contributed by atoms with E-state index >= 15 is 0 Å². The zero-order valence-electron chi connectivity index (χ0n) is 13.0. The van der Waals surface area contributed by atoms with Crippen molar-refractivity contribution >= 4 is 23.0 Å². The Kier molecular flexibility index (Phi) is 4.68. The van der Waals surface area contributed by atoms with Crippen LogP contribution in [-0.4, -0.2) is 16.7 Å². The van der Waals surface area contributed by atoms with Crippen molar-refractivity contribution in [3.05, 3.63) is 71.9 Å². The summed E-state index contributed by atoms with van der Waals surface area (Å²) < 4.78 is 2.16. The fraction of sp³-hybridized carbons (Fsp3) is 0.105. The van der Waals surface area contributed by atoms with Gasteiger partial charge >= 0.3 is 0 Å². The van der Waals surface area contributed by atoms with Crippen LogP contribution in [0, 0.1) is 11.3 Å². The van der Waals surface area contributed by atoms with Crippen LogP contribution in [0.1, 0.15) is 17.5 Å². The summed E-state index contributed by atoms with van der Waals surface area (Å²) in [6.45, 7) is 0.760. The number of aromatic nitrogens is 1. The normalized spacial score (nSPS) is 10.8. The third-order valence-electron chi connectivity index (χ3n) is 3.65. The molecule has 0 radical (unpaired) electrons. The minimum atomic E-state index is -0.415. The number of rotatable bonds is 5. The molecule has 24 heavy (non-hydrogen) atoms. The molecule has 118 valence electrons. The maximum atomic E-state index is 11.3. The van der Waals surface area contributed by atoms with E-state index < -0.39 is 5.91 Å². The van der Waals surface area contributed by atoms with Crippen molar-refractivity contribution in [1.82, 2.24) is 9.99 Å². The number of nitrogens with zero attached hydrogens (tertiary/aromatic N) is 3. The van der Waals surface area contributed by atoms with Crippen molar-refractivity contribution in [3.8, 4) is 6.07 Å². The number of hydrogen-bond donors (Lipinski definition) is 1. The summed E-state index contributed by atoms with van der Waals surface area (Å²) in [5, 5.41) is 13.5. The number of amides is 1. The second-order valence-electron chi connectivity index (χ2n) is 5.34. The maximum absolute atomic E-state index is 11.3. The highest BCUT2D eigenvalue weighted by atomic mass is 16.2. The molecule has 1 aromatic heterocycles. The summed E-state index contributed by atoms with van der Waals surface area (Å²) in [6, 6.07) is 20.1. The number of nitriles is 1. The van der Waals surface area contributed by atoms with Gasteiger partial charge in [0.25, 0.3) is 5.91 Å². The highest BCUT2D eigenvalue weighted by Gasteiger charge is 2.07. The first-order valence-corrected chi connectivity index (χ1v) is 7.58. The topological polar surface area (TPSA) is 70.2 Å². The lowest BCUT2D eigenvalue weighted by molar-refractivity contribution is -0.120. The van der Waals surface area contributed by atoms with E-state index in [1.54, 1.807) is 12.3 Å². The van der Waals surface area contributed by atoms with Crippen molar-refractivity contribution < 1.29 is 4.79 Å². The van der Waals surface area contributed by atoms with Gasteiger partial charge in [-0.25, -0.2) is 5.43 Å². The van der Waals surface area contributed by atoms with Crippen LogP contribution in [0.25, 0.3) is 10.9 Å². The summed E-state index contributed by atoms with van der Waals surface area (Å²) in [5.74, 6) is -0.415. The lowest BCUT2D eigenvalue weighted by atomic mass is 10.2. The SMILES string of the molecule is N#CCC(=O)N/N=C/c1cn(Cc2ccccc2)c2ccccc12. The third kappa shape index (κ3) is 3.50. The number of hydrazone groups is 1. The largest absolute Gasteiger partial charge is 0.342 e. The van der Waals surface area contributed by atoms with Gasteiger partial charge in [0, 0.05) is 29.2 Å². The summed E-state index contributed by atoms with van der Waals surface area (Å²) >= 11 is 0. The molecule has 1 N–H and O–H groups in total. The summed E-state index contributed by atoms with van der Waals surface area (Å²) in [5.41, 5.74) is 5.59. The van der Waals surface area contributed by atoms with Gasteiger partial charge in [-0.1, -0.05) is 48.5 Å². The maximum Gasteiger partial charge on any atom is 0.254 e. The molecule has 2 aromatic carbocycles. The molecule has 0 bridgehead atoms. The van der Waals surface area contributed by atoms with Crippen molar-refractivity contribution in [2.24, 2.45) is 5.10 Å². The molecule has 3 aromatic rings. The zero-order valence-corrected chi connectivity index (χ0v) is 13.0. The van der Waals surface area contributed by atoms with Crippen molar-refractivity contribution in [2.45, 2.75) is 13.0 Å². The molecule has 0 saturated carbocycles. The first-order valence-electron chi connectivity index (χ1n) is 7.58. The molecule has 0 atom stereocenters. The highest BCUT2D eigenvalue weighted by Crippen LogP contribution is 2.21. The van der Waals surface area contributed by atoms with Crippen LogP contribution in [0.15, 0.2) is 65.9 Å². The summed E-state index contributed by atoms with van der Waals surface area (Å²) in [6.07, 6.45) is 3.42. The molecule has 0 aliphatic carbocycles. The van der Waals surface area contributed by atoms with Crippen LogP contribution >= 0.6 is 0 Å². The number of nitrogens with one attached hydrogen (secondary N) is 1. The molecule has 0 fully saturated rings. The number of fused-ring (bicyclic) bond motifs is 1. The average Bonchev–Trinajstić information content (AvgIpc) is 2.94. The Morgan fingerprint density at radius 2 is 1.92 bits per heavy atom. The average molecular weight is 316 g/mol. The lowest BCUT2D eigenvalue weighted by Gasteiger charge is -2.05. The summed E-state index contributed by atoms with van der Waals surface area (Å²) in [7, 11) is 0. The zero-order chi connectivity index (χ0) is 16.8. The van der Waals surface area contributed by atoms with E-state index in [1.165, 1.54) is 5.56 Å². The van der Waals surface area contributed by atoms with E-state index in [1.807, 2.05) is 42.6 Å². The van der Waals surface area contributed by atoms with E-state index in [9.17, 15) is 4.79 Å². The minimum Gasteiger partial charge on any atom is -0.342 e. The fourth-order valence-corrected chi connectivity index (χ4v) is 2.57. The Labute approximate surface area is 139 Å². The first kappa shape index (κ1) is 15.5. The van der Waals surface area contributed by atoms with Gasteiger partial charge in [-0.15, -0.1) is 0 Å². The van der Waals surface area contributed by atoms with Crippen LogP contribution in [0.2, 0.25) is 0 Å². The molecule has 1 amide bonds. The van der Waals surface area contributed by atoms with Gasteiger partial charge in [-0.2, -0.15) is 10.4 Å². The molecule has 3 rings (SSSR count). The number of carbonyl (C=O) groups excluding carboxylic acids is 1. The third-order valence-corrected chi connectivity index (χ3v) is 3.65. The molecule has 0 aliphatic rings. The fourth-order valence-electron chi connectivity index (χ4n) is 2.57. The molecule has 0 saturated heterocycles. The number of para-hydroxylation sites is 1. The van der Waals surface area contributed by atoms with Crippen LogP contribution in [0.3, 0.4) is 0 Å². The van der Waals surface area contributed by atoms with Gasteiger partial charge in [-0.3, -0.25) is 4.79 Å². The minimum absolute atomic E-state index is 0.201. The van der Waals surface area contributed by atoms with E-state index in [-0.39, 0.29) is 6.42 Å². The van der Waals surface area contributed by atoms with Gasteiger partial charge in [0.2, 0.25) is 0 Å². The van der Waals surface area contributed by atoms with E-state index in [2.05, 4.69) is 33.3 Å².